The highest BCUT2D eigenvalue weighted by Crippen LogP contribution is 2.41. The number of rotatable bonds is 4. The van der Waals surface area contributed by atoms with Crippen molar-refractivity contribution in [1.82, 2.24) is 0 Å². The quantitative estimate of drug-likeness (QED) is 0.884. The van der Waals surface area contributed by atoms with Crippen molar-refractivity contribution in [3.05, 3.63) is 47.5 Å². The molecule has 0 aromatic carbocycles. The Hall–Kier alpha value is -1.32. The Morgan fingerprint density at radius 3 is 2.70 bits per heavy atom. The summed E-state index contributed by atoms with van der Waals surface area (Å²) in [5, 5.41) is 19.9. The van der Waals surface area contributed by atoms with Crippen LogP contribution < -0.4 is 0 Å². The minimum absolute atomic E-state index is 0.0939. The first kappa shape index (κ1) is 15.1. The van der Waals surface area contributed by atoms with Gasteiger partial charge in [0.05, 0.1) is 12.9 Å². The predicted molar refractivity (Wildman–Crippen MR) is 79.3 cm³/mol. The van der Waals surface area contributed by atoms with Crippen LogP contribution in [-0.4, -0.2) is 16.8 Å². The molecule has 20 heavy (non-hydrogen) atoms. The fraction of sp³-hybridized carbons (Fsp3) is 0.529. The third-order valence-electron chi connectivity index (χ3n) is 4.14. The normalized spacial score (nSPS) is 24.6. The SMILES string of the molecule is CC1=CC(C)C(c2ccoc2[C@H](O)C(C)(C)CO)C=C1. The van der Waals surface area contributed by atoms with Gasteiger partial charge in [-0.1, -0.05) is 44.6 Å². The van der Waals surface area contributed by atoms with E-state index >= 15 is 0 Å². The van der Waals surface area contributed by atoms with Gasteiger partial charge < -0.3 is 14.6 Å². The number of aliphatic hydroxyl groups excluding tert-OH is 2. The average molecular weight is 276 g/mol. The number of hydrogen-bond donors (Lipinski definition) is 2. The minimum atomic E-state index is -0.815. The van der Waals surface area contributed by atoms with Gasteiger partial charge in [0.15, 0.2) is 0 Å². The van der Waals surface area contributed by atoms with Crippen LogP contribution in [0, 0.1) is 11.3 Å². The van der Waals surface area contributed by atoms with Gasteiger partial charge in [-0.3, -0.25) is 0 Å². The van der Waals surface area contributed by atoms with Crippen LogP contribution in [0.25, 0.3) is 0 Å². The van der Waals surface area contributed by atoms with E-state index in [1.165, 1.54) is 5.57 Å². The van der Waals surface area contributed by atoms with Crippen molar-refractivity contribution in [2.45, 2.75) is 39.7 Å². The van der Waals surface area contributed by atoms with Crippen LogP contribution in [-0.2, 0) is 0 Å². The maximum Gasteiger partial charge on any atom is 0.136 e. The first-order valence-electron chi connectivity index (χ1n) is 7.09. The third kappa shape index (κ3) is 2.74. The molecule has 0 radical (unpaired) electrons. The zero-order valence-corrected chi connectivity index (χ0v) is 12.6. The predicted octanol–water partition coefficient (Wildman–Crippen LogP) is 3.57. The van der Waals surface area contributed by atoms with Crippen molar-refractivity contribution in [3.63, 3.8) is 0 Å². The summed E-state index contributed by atoms with van der Waals surface area (Å²) in [6, 6.07) is 1.92. The highest BCUT2D eigenvalue weighted by Gasteiger charge is 2.34. The van der Waals surface area contributed by atoms with Crippen molar-refractivity contribution < 1.29 is 14.6 Å². The standard InChI is InChI=1S/C17H24O3/c1-11-5-6-13(12(2)9-11)14-7-8-20-15(14)16(19)17(3,4)10-18/h5-9,12-13,16,18-19H,10H2,1-4H3/t12?,13?,16-/m0/s1. The molecule has 1 aliphatic rings. The smallest absolute Gasteiger partial charge is 0.136 e. The van der Waals surface area contributed by atoms with Gasteiger partial charge in [-0.25, -0.2) is 0 Å². The molecule has 0 saturated heterocycles. The zero-order valence-electron chi connectivity index (χ0n) is 12.6. The lowest BCUT2D eigenvalue weighted by atomic mass is 9.79. The molecule has 1 aromatic rings. The molecule has 110 valence electrons. The Morgan fingerprint density at radius 2 is 2.10 bits per heavy atom. The van der Waals surface area contributed by atoms with Crippen LogP contribution in [0.4, 0.5) is 0 Å². The van der Waals surface area contributed by atoms with E-state index in [2.05, 4.69) is 32.1 Å². The lowest BCUT2D eigenvalue weighted by Crippen LogP contribution is -2.27. The van der Waals surface area contributed by atoms with Crippen molar-refractivity contribution >= 4 is 0 Å². The monoisotopic (exact) mass is 276 g/mol. The molecule has 2 N–H and O–H groups in total. The molecule has 0 amide bonds. The fourth-order valence-electron chi connectivity index (χ4n) is 2.66. The van der Waals surface area contributed by atoms with Gasteiger partial charge in [0.25, 0.3) is 0 Å². The summed E-state index contributed by atoms with van der Waals surface area (Å²) >= 11 is 0. The Labute approximate surface area is 120 Å². The third-order valence-corrected chi connectivity index (χ3v) is 4.14. The maximum atomic E-state index is 10.5. The second-order valence-corrected chi connectivity index (χ2v) is 6.44. The van der Waals surface area contributed by atoms with Crippen LogP contribution in [0.5, 0.6) is 0 Å². The number of allylic oxidation sites excluding steroid dienone is 4. The van der Waals surface area contributed by atoms with Gasteiger partial charge in [-0.2, -0.15) is 0 Å². The van der Waals surface area contributed by atoms with Crippen LogP contribution in [0.2, 0.25) is 0 Å². The van der Waals surface area contributed by atoms with E-state index in [9.17, 15) is 10.2 Å². The highest BCUT2D eigenvalue weighted by atomic mass is 16.4. The molecule has 0 aliphatic heterocycles. The Bertz CT molecular complexity index is 522. The van der Waals surface area contributed by atoms with Crippen molar-refractivity contribution in [3.8, 4) is 0 Å². The first-order valence-corrected chi connectivity index (χ1v) is 7.09. The number of aliphatic hydroxyl groups is 2. The Kier molecular flexibility index (Phi) is 4.21. The molecule has 2 rings (SSSR count). The van der Waals surface area contributed by atoms with Gasteiger partial charge in [-0.05, 0) is 18.9 Å². The molecular weight excluding hydrogens is 252 g/mol. The molecule has 0 bridgehead atoms. The molecule has 0 saturated carbocycles. The summed E-state index contributed by atoms with van der Waals surface area (Å²) in [5.41, 5.74) is 1.64. The first-order chi connectivity index (χ1) is 9.36. The summed E-state index contributed by atoms with van der Waals surface area (Å²) in [4.78, 5) is 0. The fourth-order valence-corrected chi connectivity index (χ4v) is 2.66. The van der Waals surface area contributed by atoms with Gasteiger partial charge in [0.1, 0.15) is 11.9 Å². The summed E-state index contributed by atoms with van der Waals surface area (Å²) in [7, 11) is 0. The highest BCUT2D eigenvalue weighted by molar-refractivity contribution is 5.36. The molecule has 3 heteroatoms. The van der Waals surface area contributed by atoms with E-state index < -0.39 is 11.5 Å². The molecule has 3 atom stereocenters. The molecule has 1 aromatic heterocycles. The van der Waals surface area contributed by atoms with Crippen LogP contribution in [0.3, 0.4) is 0 Å². The van der Waals surface area contributed by atoms with Crippen molar-refractivity contribution in [2.75, 3.05) is 6.61 Å². The second-order valence-electron chi connectivity index (χ2n) is 6.44. The maximum absolute atomic E-state index is 10.5. The second kappa shape index (κ2) is 5.58. The van der Waals surface area contributed by atoms with Crippen LogP contribution in [0.15, 0.2) is 40.5 Å². The van der Waals surface area contributed by atoms with E-state index in [0.717, 1.165) is 5.56 Å². The number of furan rings is 1. The van der Waals surface area contributed by atoms with Gasteiger partial charge in [0, 0.05) is 16.9 Å². The Balaban J connectivity index is 2.33. The summed E-state index contributed by atoms with van der Waals surface area (Å²) in [5.74, 6) is 1.14. The van der Waals surface area contributed by atoms with Crippen molar-refractivity contribution in [1.29, 1.82) is 0 Å². The topological polar surface area (TPSA) is 53.6 Å². The number of hydrogen-bond acceptors (Lipinski definition) is 3. The van der Waals surface area contributed by atoms with Gasteiger partial charge >= 0.3 is 0 Å². The van der Waals surface area contributed by atoms with E-state index in [-0.39, 0.29) is 12.5 Å². The van der Waals surface area contributed by atoms with E-state index in [1.54, 1.807) is 6.26 Å². The van der Waals surface area contributed by atoms with Gasteiger partial charge in [-0.15, -0.1) is 0 Å². The molecule has 0 fully saturated rings. The lowest BCUT2D eigenvalue weighted by molar-refractivity contribution is -0.00766. The lowest BCUT2D eigenvalue weighted by Gasteiger charge is -2.29. The van der Waals surface area contributed by atoms with E-state index in [4.69, 9.17) is 4.42 Å². The summed E-state index contributed by atoms with van der Waals surface area (Å²) in [6.07, 6.45) is 7.29. The zero-order chi connectivity index (χ0) is 14.9. The van der Waals surface area contributed by atoms with Crippen molar-refractivity contribution in [2.24, 2.45) is 11.3 Å². The van der Waals surface area contributed by atoms with E-state index in [1.807, 2.05) is 19.9 Å². The molecular formula is C17H24O3. The molecule has 3 nitrogen and oxygen atoms in total. The largest absolute Gasteiger partial charge is 0.466 e. The summed E-state index contributed by atoms with van der Waals surface area (Å²) in [6.45, 7) is 7.81. The molecule has 0 spiro atoms. The summed E-state index contributed by atoms with van der Waals surface area (Å²) < 4.78 is 5.53. The average Bonchev–Trinajstić information content (AvgIpc) is 2.86. The molecule has 1 heterocycles. The van der Waals surface area contributed by atoms with Crippen LogP contribution >= 0.6 is 0 Å². The molecule has 1 aliphatic carbocycles. The minimum Gasteiger partial charge on any atom is -0.466 e. The van der Waals surface area contributed by atoms with E-state index in [0.29, 0.717) is 11.7 Å². The van der Waals surface area contributed by atoms with Gasteiger partial charge in [0.2, 0.25) is 0 Å². The molecule has 2 unspecified atom stereocenters. The Morgan fingerprint density at radius 1 is 1.40 bits per heavy atom. The van der Waals surface area contributed by atoms with Crippen LogP contribution in [0.1, 0.15) is 51.0 Å².